The Labute approximate surface area is 151 Å². The lowest BCUT2D eigenvalue weighted by Gasteiger charge is -2.16. The third-order valence-electron chi connectivity index (χ3n) is 4.10. The van der Waals surface area contributed by atoms with Gasteiger partial charge in [0.2, 0.25) is 11.8 Å². The predicted octanol–water partition coefficient (Wildman–Crippen LogP) is 2.49. The molecular formula is C19H20N4O3. The minimum atomic E-state index is -0.662. The van der Waals surface area contributed by atoms with Crippen LogP contribution in [0.2, 0.25) is 0 Å². The van der Waals surface area contributed by atoms with E-state index in [0.29, 0.717) is 17.8 Å². The molecule has 0 radical (unpaired) electrons. The summed E-state index contributed by atoms with van der Waals surface area (Å²) in [5.41, 5.74) is 7.88. The van der Waals surface area contributed by atoms with Crippen LogP contribution in [0.25, 0.3) is 0 Å². The lowest BCUT2D eigenvalue weighted by Crippen LogP contribution is -2.23. The molecule has 3 rings (SSSR count). The molecule has 1 fully saturated rings. The van der Waals surface area contributed by atoms with Gasteiger partial charge in [-0.05, 0) is 42.3 Å². The van der Waals surface area contributed by atoms with Crippen molar-refractivity contribution in [3.05, 3.63) is 54.1 Å². The molecule has 1 saturated heterocycles. The standard InChI is InChI=1S/C19H20N4O3/c20-19(26)22-15-4-1-3-14(12-15)21-17(24)11-13-6-8-16(9-7-13)23-10-2-5-18(23)25/h1,3-4,6-9,12H,2,5,10-11H2,(H,21,24)(H3,20,22,26). The molecular weight excluding hydrogens is 332 g/mol. The van der Waals surface area contributed by atoms with E-state index in [4.69, 9.17) is 5.73 Å². The van der Waals surface area contributed by atoms with E-state index in [1.165, 1.54) is 0 Å². The van der Waals surface area contributed by atoms with Crippen molar-refractivity contribution in [1.29, 1.82) is 0 Å². The summed E-state index contributed by atoms with van der Waals surface area (Å²) in [4.78, 5) is 36.6. The van der Waals surface area contributed by atoms with Crippen molar-refractivity contribution in [3.63, 3.8) is 0 Å². The Bertz CT molecular complexity index is 833. The maximum Gasteiger partial charge on any atom is 0.316 e. The van der Waals surface area contributed by atoms with Crippen molar-refractivity contribution in [2.45, 2.75) is 19.3 Å². The first kappa shape index (κ1) is 17.5. The Morgan fingerprint density at radius 1 is 1.04 bits per heavy atom. The number of anilines is 3. The van der Waals surface area contributed by atoms with Gasteiger partial charge in [-0.1, -0.05) is 18.2 Å². The van der Waals surface area contributed by atoms with Crippen LogP contribution in [-0.2, 0) is 16.0 Å². The smallest absolute Gasteiger partial charge is 0.316 e. The summed E-state index contributed by atoms with van der Waals surface area (Å²) in [6.07, 6.45) is 1.68. The van der Waals surface area contributed by atoms with Crippen molar-refractivity contribution in [2.75, 3.05) is 22.1 Å². The largest absolute Gasteiger partial charge is 0.351 e. The van der Waals surface area contributed by atoms with Crippen LogP contribution in [0, 0.1) is 0 Å². The van der Waals surface area contributed by atoms with E-state index in [9.17, 15) is 14.4 Å². The summed E-state index contributed by atoms with van der Waals surface area (Å²) < 4.78 is 0. The first-order valence-electron chi connectivity index (χ1n) is 8.37. The zero-order chi connectivity index (χ0) is 18.5. The molecule has 26 heavy (non-hydrogen) atoms. The highest BCUT2D eigenvalue weighted by Gasteiger charge is 2.21. The number of amides is 4. The van der Waals surface area contributed by atoms with Crippen LogP contribution in [0.1, 0.15) is 18.4 Å². The van der Waals surface area contributed by atoms with Gasteiger partial charge < -0.3 is 21.3 Å². The fourth-order valence-electron chi connectivity index (χ4n) is 2.92. The normalized spacial score (nSPS) is 13.5. The maximum absolute atomic E-state index is 12.2. The van der Waals surface area contributed by atoms with Gasteiger partial charge in [0.05, 0.1) is 6.42 Å². The second kappa shape index (κ2) is 7.69. The summed E-state index contributed by atoms with van der Waals surface area (Å²) >= 11 is 0. The number of rotatable bonds is 5. The highest BCUT2D eigenvalue weighted by Crippen LogP contribution is 2.22. The lowest BCUT2D eigenvalue weighted by atomic mass is 10.1. The molecule has 1 aliphatic rings. The maximum atomic E-state index is 12.2. The van der Waals surface area contributed by atoms with Crippen LogP contribution in [0.3, 0.4) is 0 Å². The molecule has 0 bridgehead atoms. The number of hydrogen-bond acceptors (Lipinski definition) is 3. The molecule has 134 valence electrons. The highest BCUT2D eigenvalue weighted by molar-refractivity contribution is 5.96. The fraction of sp³-hybridized carbons (Fsp3) is 0.211. The number of nitrogens with one attached hydrogen (secondary N) is 2. The molecule has 2 aromatic carbocycles. The summed E-state index contributed by atoms with van der Waals surface area (Å²) in [5, 5.41) is 5.25. The van der Waals surface area contributed by atoms with Crippen molar-refractivity contribution < 1.29 is 14.4 Å². The van der Waals surface area contributed by atoms with Gasteiger partial charge in [0.25, 0.3) is 0 Å². The first-order valence-corrected chi connectivity index (χ1v) is 8.37. The van der Waals surface area contributed by atoms with Crippen LogP contribution < -0.4 is 21.3 Å². The summed E-state index contributed by atoms with van der Waals surface area (Å²) in [7, 11) is 0. The van der Waals surface area contributed by atoms with E-state index in [1.54, 1.807) is 29.2 Å². The number of carbonyl (C=O) groups excluding carboxylic acids is 3. The van der Waals surface area contributed by atoms with Gasteiger partial charge in [-0.25, -0.2) is 4.79 Å². The fourth-order valence-corrected chi connectivity index (χ4v) is 2.92. The number of hydrogen-bond donors (Lipinski definition) is 3. The second-order valence-electron chi connectivity index (χ2n) is 6.11. The minimum Gasteiger partial charge on any atom is -0.351 e. The van der Waals surface area contributed by atoms with Crippen LogP contribution in [-0.4, -0.2) is 24.4 Å². The SMILES string of the molecule is NC(=O)Nc1cccc(NC(=O)Cc2ccc(N3CCCC3=O)cc2)c1. The summed E-state index contributed by atoms with van der Waals surface area (Å²) in [6, 6.07) is 13.5. The Morgan fingerprint density at radius 3 is 2.35 bits per heavy atom. The number of nitrogens with zero attached hydrogens (tertiary/aromatic N) is 1. The average Bonchev–Trinajstić information content (AvgIpc) is 3.01. The van der Waals surface area contributed by atoms with Crippen molar-refractivity contribution in [1.82, 2.24) is 0 Å². The van der Waals surface area contributed by atoms with Gasteiger partial charge in [-0.2, -0.15) is 0 Å². The zero-order valence-corrected chi connectivity index (χ0v) is 14.2. The molecule has 0 atom stereocenters. The van der Waals surface area contributed by atoms with Crippen LogP contribution in [0.15, 0.2) is 48.5 Å². The Balaban J connectivity index is 1.59. The molecule has 4 amide bonds. The van der Waals surface area contributed by atoms with Crippen molar-refractivity contribution >= 4 is 34.9 Å². The van der Waals surface area contributed by atoms with Gasteiger partial charge in [-0.15, -0.1) is 0 Å². The van der Waals surface area contributed by atoms with Gasteiger partial charge in [-0.3, -0.25) is 9.59 Å². The number of benzene rings is 2. The molecule has 7 nitrogen and oxygen atoms in total. The predicted molar refractivity (Wildman–Crippen MR) is 100 cm³/mol. The summed E-state index contributed by atoms with van der Waals surface area (Å²) in [6.45, 7) is 0.744. The molecule has 4 N–H and O–H groups in total. The quantitative estimate of drug-likeness (QED) is 0.770. The molecule has 0 saturated carbocycles. The zero-order valence-electron chi connectivity index (χ0n) is 14.2. The average molecular weight is 352 g/mol. The molecule has 1 aliphatic heterocycles. The summed E-state index contributed by atoms with van der Waals surface area (Å²) in [5.74, 6) is -0.0360. The number of primary amides is 1. The Kier molecular flexibility index (Phi) is 5.17. The highest BCUT2D eigenvalue weighted by atomic mass is 16.2. The molecule has 1 heterocycles. The van der Waals surface area contributed by atoms with E-state index < -0.39 is 6.03 Å². The van der Waals surface area contributed by atoms with E-state index in [0.717, 1.165) is 24.2 Å². The lowest BCUT2D eigenvalue weighted by molar-refractivity contribution is -0.117. The molecule has 0 aromatic heterocycles. The van der Waals surface area contributed by atoms with Gasteiger partial charge in [0.15, 0.2) is 0 Å². The third kappa shape index (κ3) is 4.38. The number of carbonyl (C=O) groups is 3. The van der Waals surface area contributed by atoms with E-state index >= 15 is 0 Å². The van der Waals surface area contributed by atoms with Crippen molar-refractivity contribution in [3.8, 4) is 0 Å². The molecule has 7 heteroatoms. The molecule has 0 unspecified atom stereocenters. The van der Waals surface area contributed by atoms with Gasteiger partial charge in [0, 0.05) is 30.0 Å². The van der Waals surface area contributed by atoms with Crippen molar-refractivity contribution in [2.24, 2.45) is 5.73 Å². The number of nitrogens with two attached hydrogens (primary N) is 1. The monoisotopic (exact) mass is 352 g/mol. The minimum absolute atomic E-state index is 0.139. The van der Waals surface area contributed by atoms with Gasteiger partial charge >= 0.3 is 6.03 Å². The number of urea groups is 1. The Hall–Kier alpha value is -3.35. The molecule has 0 aliphatic carbocycles. The van der Waals surface area contributed by atoms with E-state index in [1.807, 2.05) is 24.3 Å². The molecule has 0 spiro atoms. The topological polar surface area (TPSA) is 105 Å². The van der Waals surface area contributed by atoms with Crippen LogP contribution in [0.4, 0.5) is 21.9 Å². The van der Waals surface area contributed by atoms with E-state index in [2.05, 4.69) is 10.6 Å². The van der Waals surface area contributed by atoms with Gasteiger partial charge in [0.1, 0.15) is 0 Å². The molecule has 2 aromatic rings. The van der Waals surface area contributed by atoms with E-state index in [-0.39, 0.29) is 18.2 Å². The third-order valence-corrected chi connectivity index (χ3v) is 4.10. The second-order valence-corrected chi connectivity index (χ2v) is 6.11. The van der Waals surface area contributed by atoms with Crippen LogP contribution in [0.5, 0.6) is 0 Å². The first-order chi connectivity index (χ1) is 12.5. The Morgan fingerprint density at radius 2 is 1.73 bits per heavy atom. The van der Waals surface area contributed by atoms with Crippen LogP contribution >= 0.6 is 0 Å².